The van der Waals surface area contributed by atoms with Crippen molar-refractivity contribution in [2.75, 3.05) is 20.1 Å². The molecule has 72 valence electrons. The lowest BCUT2D eigenvalue weighted by Gasteiger charge is -2.32. The smallest absolute Gasteiger partial charge is 0.317 e. The Hall–Kier alpha value is -0.280. The molecule has 0 aliphatic carbocycles. The Balaban J connectivity index is 4.14. The molecule has 1 unspecified atom stereocenters. The molecular formula is C8H17ClN2O. The van der Waals surface area contributed by atoms with E-state index in [4.69, 9.17) is 11.6 Å². The molecular weight excluding hydrogens is 176 g/mol. The Morgan fingerprint density at radius 1 is 1.42 bits per heavy atom. The number of halogens is 1. The molecule has 0 aromatic heterocycles. The summed E-state index contributed by atoms with van der Waals surface area (Å²) in [4.78, 5) is 14.5. The maximum atomic E-state index is 10.8. The van der Waals surface area contributed by atoms with Gasteiger partial charge in [-0.05, 0) is 31.6 Å². The van der Waals surface area contributed by atoms with E-state index in [9.17, 15) is 4.79 Å². The zero-order valence-corrected chi connectivity index (χ0v) is 8.93. The molecule has 0 fully saturated rings. The minimum atomic E-state index is -0.408. The Morgan fingerprint density at radius 2 is 1.83 bits per heavy atom. The first-order valence-electron chi connectivity index (χ1n) is 4.20. The van der Waals surface area contributed by atoms with Crippen molar-refractivity contribution in [1.82, 2.24) is 9.80 Å². The van der Waals surface area contributed by atoms with Crippen molar-refractivity contribution in [3.63, 3.8) is 0 Å². The summed E-state index contributed by atoms with van der Waals surface area (Å²) in [5.41, 5.74) is 0. The SMILES string of the molecule is CCN(CC)C(C)N(C)C(=O)Cl. The van der Waals surface area contributed by atoms with Crippen molar-refractivity contribution in [2.24, 2.45) is 0 Å². The van der Waals surface area contributed by atoms with Crippen LogP contribution in [0, 0.1) is 0 Å². The fourth-order valence-electron chi connectivity index (χ4n) is 1.14. The van der Waals surface area contributed by atoms with Gasteiger partial charge in [-0.25, -0.2) is 0 Å². The van der Waals surface area contributed by atoms with E-state index < -0.39 is 5.37 Å². The van der Waals surface area contributed by atoms with Gasteiger partial charge >= 0.3 is 5.37 Å². The fraction of sp³-hybridized carbons (Fsp3) is 0.875. The van der Waals surface area contributed by atoms with Crippen LogP contribution >= 0.6 is 11.6 Å². The van der Waals surface area contributed by atoms with Crippen molar-refractivity contribution in [3.8, 4) is 0 Å². The molecule has 0 bridgehead atoms. The van der Waals surface area contributed by atoms with E-state index in [1.165, 1.54) is 4.90 Å². The number of carbonyl (C=O) groups is 1. The molecule has 12 heavy (non-hydrogen) atoms. The second kappa shape index (κ2) is 5.38. The third-order valence-electron chi connectivity index (χ3n) is 2.18. The molecule has 0 aromatic carbocycles. The maximum absolute atomic E-state index is 10.8. The Bertz CT molecular complexity index is 148. The van der Waals surface area contributed by atoms with Crippen LogP contribution in [0.25, 0.3) is 0 Å². The van der Waals surface area contributed by atoms with Crippen molar-refractivity contribution in [2.45, 2.75) is 26.9 Å². The number of nitrogens with zero attached hydrogens (tertiary/aromatic N) is 2. The van der Waals surface area contributed by atoms with Crippen LogP contribution in [0.1, 0.15) is 20.8 Å². The van der Waals surface area contributed by atoms with E-state index in [1.807, 2.05) is 6.92 Å². The van der Waals surface area contributed by atoms with Crippen LogP contribution in [-0.4, -0.2) is 41.5 Å². The fourth-order valence-corrected chi connectivity index (χ4v) is 1.29. The average Bonchev–Trinajstić information content (AvgIpc) is 2.05. The summed E-state index contributed by atoms with van der Waals surface area (Å²) in [7, 11) is 1.71. The number of hydrogen-bond acceptors (Lipinski definition) is 2. The zero-order valence-electron chi connectivity index (χ0n) is 8.17. The van der Waals surface area contributed by atoms with E-state index in [0.717, 1.165) is 13.1 Å². The van der Waals surface area contributed by atoms with Crippen LogP contribution < -0.4 is 0 Å². The van der Waals surface area contributed by atoms with Crippen LogP contribution in [-0.2, 0) is 0 Å². The van der Waals surface area contributed by atoms with Gasteiger partial charge in [0.1, 0.15) is 0 Å². The molecule has 3 nitrogen and oxygen atoms in total. The molecule has 0 heterocycles. The lowest BCUT2D eigenvalue weighted by Crippen LogP contribution is -2.45. The van der Waals surface area contributed by atoms with Gasteiger partial charge in [-0.15, -0.1) is 0 Å². The maximum Gasteiger partial charge on any atom is 0.317 e. The van der Waals surface area contributed by atoms with Crippen LogP contribution in [0.5, 0.6) is 0 Å². The number of amides is 1. The normalized spacial score (nSPS) is 13.2. The highest BCUT2D eigenvalue weighted by atomic mass is 35.5. The summed E-state index contributed by atoms with van der Waals surface area (Å²) in [5, 5.41) is -0.408. The molecule has 1 amide bonds. The highest BCUT2D eigenvalue weighted by Crippen LogP contribution is 2.05. The van der Waals surface area contributed by atoms with Gasteiger partial charge in [0.2, 0.25) is 0 Å². The lowest BCUT2D eigenvalue weighted by atomic mass is 10.4. The van der Waals surface area contributed by atoms with Gasteiger partial charge in [-0.3, -0.25) is 9.69 Å². The molecule has 0 aromatic rings. The van der Waals surface area contributed by atoms with Gasteiger partial charge in [0.05, 0.1) is 6.17 Å². The number of hydrogen-bond donors (Lipinski definition) is 0. The van der Waals surface area contributed by atoms with Gasteiger partial charge in [0.15, 0.2) is 0 Å². The van der Waals surface area contributed by atoms with E-state index in [1.54, 1.807) is 7.05 Å². The highest BCUT2D eigenvalue weighted by Gasteiger charge is 2.17. The molecule has 0 spiro atoms. The first kappa shape index (κ1) is 11.7. The minimum Gasteiger partial charge on any atom is -0.317 e. The molecule has 0 saturated heterocycles. The van der Waals surface area contributed by atoms with Gasteiger partial charge in [0, 0.05) is 7.05 Å². The number of carbonyl (C=O) groups excluding carboxylic acids is 1. The quantitative estimate of drug-likeness (QED) is 0.386. The van der Waals surface area contributed by atoms with Gasteiger partial charge in [0.25, 0.3) is 0 Å². The molecule has 4 heteroatoms. The molecule has 0 N–H and O–H groups in total. The summed E-state index contributed by atoms with van der Waals surface area (Å²) in [6.45, 7) is 7.94. The summed E-state index contributed by atoms with van der Waals surface area (Å²) < 4.78 is 0. The van der Waals surface area contributed by atoms with Gasteiger partial charge in [-0.2, -0.15) is 0 Å². The Kier molecular flexibility index (Phi) is 5.25. The average molecular weight is 193 g/mol. The van der Waals surface area contributed by atoms with Gasteiger partial charge in [-0.1, -0.05) is 13.8 Å². The molecule has 0 aliphatic heterocycles. The van der Waals surface area contributed by atoms with E-state index in [0.29, 0.717) is 0 Å². The van der Waals surface area contributed by atoms with E-state index in [-0.39, 0.29) is 6.17 Å². The van der Waals surface area contributed by atoms with E-state index in [2.05, 4.69) is 18.7 Å². The minimum absolute atomic E-state index is 0.0741. The molecule has 0 saturated carbocycles. The van der Waals surface area contributed by atoms with Crippen LogP contribution in [0.2, 0.25) is 0 Å². The number of rotatable bonds is 4. The van der Waals surface area contributed by atoms with Crippen molar-refractivity contribution in [3.05, 3.63) is 0 Å². The predicted octanol–water partition coefficient (Wildman–Crippen LogP) is 1.96. The lowest BCUT2D eigenvalue weighted by molar-refractivity contribution is 0.113. The molecule has 0 rings (SSSR count). The standard InChI is InChI=1S/C8H17ClN2O/c1-5-11(6-2)7(3)10(4)8(9)12/h7H,5-6H2,1-4H3. The molecule has 0 radical (unpaired) electrons. The Morgan fingerprint density at radius 3 is 2.08 bits per heavy atom. The summed E-state index contributed by atoms with van der Waals surface area (Å²) in [6, 6.07) is 0. The largest absolute Gasteiger partial charge is 0.317 e. The van der Waals surface area contributed by atoms with Crippen LogP contribution in [0.4, 0.5) is 4.79 Å². The third kappa shape index (κ3) is 2.99. The Labute approximate surface area is 79.3 Å². The third-order valence-corrected chi connectivity index (χ3v) is 2.45. The highest BCUT2D eigenvalue weighted by molar-refractivity contribution is 6.62. The van der Waals surface area contributed by atoms with Crippen molar-refractivity contribution < 1.29 is 4.79 Å². The van der Waals surface area contributed by atoms with Gasteiger partial charge < -0.3 is 4.90 Å². The second-order valence-corrected chi connectivity index (χ2v) is 3.04. The molecule has 0 aliphatic rings. The van der Waals surface area contributed by atoms with Crippen LogP contribution in [0.15, 0.2) is 0 Å². The van der Waals surface area contributed by atoms with E-state index >= 15 is 0 Å². The summed E-state index contributed by atoms with van der Waals surface area (Å²) >= 11 is 5.34. The summed E-state index contributed by atoms with van der Waals surface area (Å²) in [6.07, 6.45) is 0.0741. The first-order chi connectivity index (χ1) is 5.54. The predicted molar refractivity (Wildman–Crippen MR) is 51.4 cm³/mol. The first-order valence-corrected chi connectivity index (χ1v) is 4.58. The summed E-state index contributed by atoms with van der Waals surface area (Å²) in [5.74, 6) is 0. The van der Waals surface area contributed by atoms with Crippen molar-refractivity contribution in [1.29, 1.82) is 0 Å². The zero-order chi connectivity index (χ0) is 9.72. The topological polar surface area (TPSA) is 23.6 Å². The second-order valence-electron chi connectivity index (χ2n) is 2.72. The van der Waals surface area contributed by atoms with Crippen LogP contribution in [0.3, 0.4) is 0 Å². The van der Waals surface area contributed by atoms with Crippen molar-refractivity contribution >= 4 is 17.0 Å². The molecule has 1 atom stereocenters. The monoisotopic (exact) mass is 192 g/mol.